The normalized spacial score (nSPS) is 18.7. The minimum absolute atomic E-state index is 0.310. The van der Waals surface area contributed by atoms with Gasteiger partial charge >= 0.3 is 0 Å². The second-order valence-electron chi connectivity index (χ2n) is 8.26. The highest BCUT2D eigenvalue weighted by Crippen LogP contribution is 2.34. The van der Waals surface area contributed by atoms with Gasteiger partial charge in [0, 0.05) is 36.1 Å². The quantitative estimate of drug-likeness (QED) is 0.475. The molecular formula is C23H20N8. The maximum absolute atomic E-state index is 9.06. The predicted octanol–water partition coefficient (Wildman–Crippen LogP) is 2.93. The van der Waals surface area contributed by atoms with Gasteiger partial charge in [-0.05, 0) is 70.8 Å². The minimum atomic E-state index is 0.310. The van der Waals surface area contributed by atoms with Crippen molar-refractivity contribution in [2.45, 2.75) is 31.5 Å². The van der Waals surface area contributed by atoms with Gasteiger partial charge in [-0.3, -0.25) is 0 Å². The summed E-state index contributed by atoms with van der Waals surface area (Å²) in [7, 11) is 0. The van der Waals surface area contributed by atoms with Gasteiger partial charge in [-0.1, -0.05) is 12.1 Å². The summed E-state index contributed by atoms with van der Waals surface area (Å²) in [6, 6.07) is 19.0. The van der Waals surface area contributed by atoms with Crippen LogP contribution in [-0.2, 0) is 6.54 Å². The number of rotatable bonds is 3. The van der Waals surface area contributed by atoms with E-state index in [0.29, 0.717) is 30.0 Å². The highest BCUT2D eigenvalue weighted by molar-refractivity contribution is 5.72. The van der Waals surface area contributed by atoms with Crippen molar-refractivity contribution in [2.24, 2.45) is 5.73 Å². The van der Waals surface area contributed by atoms with E-state index in [1.54, 1.807) is 4.68 Å². The smallest absolute Gasteiger partial charge is 0.203 e. The number of nitrogens with zero attached hydrogens (tertiary/aromatic N) is 6. The molecule has 6 rings (SSSR count). The molecule has 1 fully saturated rings. The van der Waals surface area contributed by atoms with Gasteiger partial charge in [0.1, 0.15) is 0 Å². The first-order chi connectivity index (χ1) is 15.2. The van der Waals surface area contributed by atoms with Crippen molar-refractivity contribution in [2.75, 3.05) is 5.32 Å². The monoisotopic (exact) mass is 408 g/mol. The summed E-state index contributed by atoms with van der Waals surface area (Å²) in [5, 5.41) is 25.1. The molecule has 31 heavy (non-hydrogen) atoms. The van der Waals surface area contributed by atoms with Gasteiger partial charge in [0.05, 0.1) is 23.0 Å². The Balaban J connectivity index is 1.40. The van der Waals surface area contributed by atoms with Crippen LogP contribution in [0.3, 0.4) is 0 Å². The molecule has 2 aliphatic rings. The molecule has 0 bridgehead atoms. The molecule has 1 aliphatic carbocycles. The second kappa shape index (κ2) is 6.79. The molecule has 4 aromatic rings. The van der Waals surface area contributed by atoms with Crippen LogP contribution >= 0.6 is 0 Å². The molecule has 1 saturated carbocycles. The van der Waals surface area contributed by atoms with E-state index in [-0.39, 0.29) is 0 Å². The Kier molecular flexibility index (Phi) is 3.91. The number of aromatic nitrogens is 5. The molecule has 0 atom stereocenters. The van der Waals surface area contributed by atoms with Crippen LogP contribution in [0.25, 0.3) is 28.3 Å². The van der Waals surface area contributed by atoms with Gasteiger partial charge in [-0.2, -0.15) is 9.94 Å². The highest BCUT2D eigenvalue weighted by Gasteiger charge is 2.27. The number of tetrazole rings is 1. The first-order valence-corrected chi connectivity index (χ1v) is 10.3. The lowest BCUT2D eigenvalue weighted by atomic mass is 9.87. The lowest BCUT2D eigenvalue weighted by Gasteiger charge is -2.34. The lowest BCUT2D eigenvalue weighted by Crippen LogP contribution is -2.44. The van der Waals surface area contributed by atoms with Crippen LogP contribution < -0.4 is 11.1 Å². The molecule has 2 aromatic heterocycles. The highest BCUT2D eigenvalue weighted by atomic mass is 15.5. The summed E-state index contributed by atoms with van der Waals surface area (Å²) >= 11 is 0. The summed E-state index contributed by atoms with van der Waals surface area (Å²) in [6.07, 6.45) is 4.13. The number of nitrogens with one attached hydrogen (secondary N) is 1. The van der Waals surface area contributed by atoms with E-state index >= 15 is 0 Å². The number of anilines is 1. The molecule has 0 spiro atoms. The van der Waals surface area contributed by atoms with Crippen molar-refractivity contribution >= 4 is 5.69 Å². The zero-order chi connectivity index (χ0) is 20.9. The maximum Gasteiger partial charge on any atom is 0.203 e. The van der Waals surface area contributed by atoms with Crippen molar-refractivity contribution in [1.29, 1.82) is 5.26 Å². The van der Waals surface area contributed by atoms with Crippen LogP contribution in [0.15, 0.2) is 54.7 Å². The topological polar surface area (TPSA) is 110 Å². The number of benzene rings is 2. The zero-order valence-electron chi connectivity index (χ0n) is 16.7. The summed E-state index contributed by atoms with van der Waals surface area (Å²) in [6.45, 7) is 0.700. The van der Waals surface area contributed by atoms with Crippen LogP contribution in [-0.4, -0.2) is 36.9 Å². The summed E-state index contributed by atoms with van der Waals surface area (Å²) < 4.78 is 3.99. The van der Waals surface area contributed by atoms with Crippen molar-refractivity contribution in [3.05, 3.63) is 65.9 Å². The largest absolute Gasteiger partial charge is 0.382 e. The Hall–Kier alpha value is -3.96. The second-order valence-corrected chi connectivity index (χ2v) is 8.26. The van der Waals surface area contributed by atoms with E-state index < -0.39 is 0 Å². The molecule has 3 heterocycles. The van der Waals surface area contributed by atoms with Gasteiger partial charge in [-0.25, -0.2) is 0 Å². The third-order valence-corrected chi connectivity index (χ3v) is 6.14. The van der Waals surface area contributed by atoms with Crippen molar-refractivity contribution in [3.8, 4) is 34.4 Å². The lowest BCUT2D eigenvalue weighted by molar-refractivity contribution is 0.373. The molecule has 0 amide bonds. The number of hydrogen-bond donors (Lipinski definition) is 2. The Labute approximate surface area is 178 Å². The Morgan fingerprint density at radius 2 is 1.90 bits per heavy atom. The Morgan fingerprint density at radius 3 is 2.68 bits per heavy atom. The number of nitriles is 1. The fraction of sp³-hybridized carbons (Fsp3) is 0.217. The molecule has 0 unspecified atom stereocenters. The molecule has 0 radical (unpaired) electrons. The van der Waals surface area contributed by atoms with Gasteiger partial charge in [0.25, 0.3) is 0 Å². The third kappa shape index (κ3) is 2.98. The van der Waals surface area contributed by atoms with Gasteiger partial charge in [0.2, 0.25) is 5.82 Å². The zero-order valence-corrected chi connectivity index (χ0v) is 16.7. The summed E-state index contributed by atoms with van der Waals surface area (Å²) in [4.78, 5) is 0. The van der Waals surface area contributed by atoms with Crippen LogP contribution in [0, 0.1) is 11.3 Å². The maximum atomic E-state index is 9.06. The molecule has 0 saturated heterocycles. The molecular weight excluding hydrogens is 388 g/mol. The standard InChI is InChI=1S/C23H20N8/c24-11-14-1-3-15(4-2-14)16-8-22-23-27-28-29-31(23)21-6-5-19(26-20-9-18(25)10-20)7-17(21)13-30(22)12-16/h1-8,12,18,20,26H,9-10,13,25H2. The third-order valence-electron chi connectivity index (χ3n) is 6.14. The first-order valence-electron chi connectivity index (χ1n) is 10.3. The molecule has 3 N–H and O–H groups in total. The Morgan fingerprint density at radius 1 is 1.06 bits per heavy atom. The van der Waals surface area contributed by atoms with Crippen molar-refractivity contribution in [3.63, 3.8) is 0 Å². The fourth-order valence-corrected chi connectivity index (χ4v) is 4.44. The van der Waals surface area contributed by atoms with Gasteiger partial charge < -0.3 is 15.6 Å². The van der Waals surface area contributed by atoms with Gasteiger partial charge in [-0.15, -0.1) is 5.10 Å². The molecule has 2 aromatic carbocycles. The van der Waals surface area contributed by atoms with E-state index in [4.69, 9.17) is 11.0 Å². The summed E-state index contributed by atoms with van der Waals surface area (Å²) in [5.41, 5.74) is 12.9. The van der Waals surface area contributed by atoms with Crippen LogP contribution in [0.4, 0.5) is 5.69 Å². The average Bonchev–Trinajstić information content (AvgIpc) is 3.38. The van der Waals surface area contributed by atoms with Crippen molar-refractivity contribution in [1.82, 2.24) is 24.8 Å². The Bertz CT molecular complexity index is 1320. The van der Waals surface area contributed by atoms with E-state index in [1.807, 2.05) is 24.3 Å². The average molecular weight is 408 g/mol. The molecule has 8 nitrogen and oxygen atoms in total. The van der Waals surface area contributed by atoms with E-state index in [2.05, 4.69) is 61.9 Å². The fourth-order valence-electron chi connectivity index (χ4n) is 4.44. The SMILES string of the molecule is N#Cc1ccc(-c2cc3n(c2)Cc2cc(NC4CC(N)C4)ccc2-n2nnnc2-3)cc1. The van der Waals surface area contributed by atoms with Crippen LogP contribution in [0.5, 0.6) is 0 Å². The molecule has 1 aliphatic heterocycles. The molecule has 152 valence electrons. The number of fused-ring (bicyclic) bond motifs is 5. The van der Waals surface area contributed by atoms with Gasteiger partial charge in [0.15, 0.2) is 0 Å². The number of hydrogen-bond acceptors (Lipinski definition) is 6. The van der Waals surface area contributed by atoms with Crippen LogP contribution in [0.1, 0.15) is 24.0 Å². The first kappa shape index (κ1) is 17.9. The van der Waals surface area contributed by atoms with E-state index in [0.717, 1.165) is 46.6 Å². The summed E-state index contributed by atoms with van der Waals surface area (Å²) in [5.74, 6) is 0.712. The van der Waals surface area contributed by atoms with E-state index in [1.165, 1.54) is 0 Å². The number of nitrogens with two attached hydrogens (primary N) is 1. The minimum Gasteiger partial charge on any atom is -0.382 e. The van der Waals surface area contributed by atoms with Crippen LogP contribution in [0.2, 0.25) is 0 Å². The predicted molar refractivity (Wildman–Crippen MR) is 116 cm³/mol. The molecule has 8 heteroatoms. The van der Waals surface area contributed by atoms with Crippen molar-refractivity contribution < 1.29 is 0 Å². The van der Waals surface area contributed by atoms with E-state index in [9.17, 15) is 0 Å².